The van der Waals surface area contributed by atoms with Crippen molar-refractivity contribution in [1.82, 2.24) is 15.5 Å². The number of thioether (sulfide) groups is 1. The van der Waals surface area contributed by atoms with Crippen LogP contribution in [0.4, 0.5) is 5.13 Å². The van der Waals surface area contributed by atoms with Crippen LogP contribution in [-0.4, -0.2) is 27.8 Å². The molecule has 4 rings (SSSR count). The Bertz CT molecular complexity index is 1180. The van der Waals surface area contributed by atoms with Gasteiger partial charge in [0.1, 0.15) is 0 Å². The molecule has 2 amide bonds. The van der Waals surface area contributed by atoms with Crippen LogP contribution in [0, 0.1) is 0 Å². The van der Waals surface area contributed by atoms with E-state index in [9.17, 15) is 9.59 Å². The molecule has 1 heterocycles. The molecule has 4 aromatic rings. The van der Waals surface area contributed by atoms with Gasteiger partial charge in [0.15, 0.2) is 4.34 Å². The Balaban J connectivity index is 1.26. The molecule has 1 aromatic heterocycles. The number of hydrogen-bond acceptors (Lipinski definition) is 6. The molecular weight excluding hydrogens is 440 g/mol. The summed E-state index contributed by atoms with van der Waals surface area (Å²) in [4.78, 5) is 24.6. The summed E-state index contributed by atoms with van der Waals surface area (Å²) in [6.07, 6.45) is 0. The number of benzene rings is 3. The second kappa shape index (κ2) is 10.7. The standard InChI is InChI=1S/C24H20N4O2S2/c29-21(25-15-17-7-3-1-4-8-17)16-31-24-28-27-23(32-24)26-22(30)20-13-11-19(12-14-20)18-9-5-2-6-10-18/h1-14H,15-16H2,(H,25,29)(H,26,27,30). The van der Waals surface area contributed by atoms with Gasteiger partial charge in [-0.1, -0.05) is 95.9 Å². The topological polar surface area (TPSA) is 84.0 Å². The van der Waals surface area contributed by atoms with E-state index in [1.165, 1.54) is 23.1 Å². The third kappa shape index (κ3) is 6.03. The van der Waals surface area contributed by atoms with Crippen LogP contribution in [0.5, 0.6) is 0 Å². The highest BCUT2D eigenvalue weighted by Gasteiger charge is 2.12. The summed E-state index contributed by atoms with van der Waals surface area (Å²) in [5.74, 6) is -0.104. The lowest BCUT2D eigenvalue weighted by molar-refractivity contribution is -0.118. The second-order valence-electron chi connectivity index (χ2n) is 6.82. The van der Waals surface area contributed by atoms with Gasteiger partial charge in [-0.3, -0.25) is 14.9 Å². The quantitative estimate of drug-likeness (QED) is 0.290. The van der Waals surface area contributed by atoms with Crippen LogP contribution in [0.3, 0.4) is 0 Å². The van der Waals surface area contributed by atoms with Crippen molar-refractivity contribution >= 4 is 40.0 Å². The minimum atomic E-state index is -0.252. The largest absolute Gasteiger partial charge is 0.351 e. The fourth-order valence-electron chi connectivity index (χ4n) is 2.91. The van der Waals surface area contributed by atoms with Crippen LogP contribution in [0.2, 0.25) is 0 Å². The van der Waals surface area contributed by atoms with Crippen molar-refractivity contribution in [1.29, 1.82) is 0 Å². The minimum Gasteiger partial charge on any atom is -0.351 e. The Morgan fingerprint density at radius 1 is 0.812 bits per heavy atom. The Kier molecular flexibility index (Phi) is 7.27. The monoisotopic (exact) mass is 460 g/mol. The van der Waals surface area contributed by atoms with Crippen LogP contribution in [0.1, 0.15) is 15.9 Å². The SMILES string of the molecule is O=C(CSc1nnc(NC(=O)c2ccc(-c3ccccc3)cc2)s1)NCc1ccccc1. The van der Waals surface area contributed by atoms with Crippen LogP contribution in [-0.2, 0) is 11.3 Å². The molecule has 0 aliphatic carbocycles. The molecule has 0 saturated heterocycles. The van der Waals surface area contributed by atoms with Gasteiger partial charge in [0, 0.05) is 12.1 Å². The molecule has 3 aromatic carbocycles. The predicted molar refractivity (Wildman–Crippen MR) is 129 cm³/mol. The van der Waals surface area contributed by atoms with Gasteiger partial charge in [0.2, 0.25) is 11.0 Å². The van der Waals surface area contributed by atoms with Crippen molar-refractivity contribution in [2.45, 2.75) is 10.9 Å². The number of nitrogens with one attached hydrogen (secondary N) is 2. The van der Waals surface area contributed by atoms with Gasteiger partial charge in [-0.2, -0.15) is 0 Å². The van der Waals surface area contributed by atoms with Crippen molar-refractivity contribution in [3.63, 3.8) is 0 Å². The molecular formula is C24H20N4O2S2. The number of rotatable bonds is 8. The van der Waals surface area contributed by atoms with Gasteiger partial charge < -0.3 is 5.32 Å². The Morgan fingerprint density at radius 3 is 2.19 bits per heavy atom. The molecule has 0 aliphatic rings. The maximum atomic E-state index is 12.5. The van der Waals surface area contributed by atoms with Crippen LogP contribution < -0.4 is 10.6 Å². The van der Waals surface area contributed by atoms with E-state index >= 15 is 0 Å². The summed E-state index contributed by atoms with van der Waals surface area (Å²) >= 11 is 2.53. The van der Waals surface area contributed by atoms with Gasteiger partial charge in [-0.05, 0) is 28.8 Å². The van der Waals surface area contributed by atoms with E-state index in [0.717, 1.165) is 16.7 Å². The highest BCUT2D eigenvalue weighted by Crippen LogP contribution is 2.26. The molecule has 2 N–H and O–H groups in total. The molecule has 0 unspecified atom stereocenters. The van der Waals surface area contributed by atoms with Crippen molar-refractivity contribution in [2.24, 2.45) is 0 Å². The van der Waals surface area contributed by atoms with E-state index < -0.39 is 0 Å². The molecule has 0 spiro atoms. The maximum Gasteiger partial charge on any atom is 0.257 e. The van der Waals surface area contributed by atoms with E-state index in [0.29, 0.717) is 21.6 Å². The van der Waals surface area contributed by atoms with E-state index in [1.54, 1.807) is 12.1 Å². The fourth-order valence-corrected chi connectivity index (χ4v) is 4.48. The number of amides is 2. The second-order valence-corrected chi connectivity index (χ2v) is 9.02. The van der Waals surface area contributed by atoms with Gasteiger partial charge in [-0.25, -0.2) is 0 Å². The number of carbonyl (C=O) groups is 2. The molecule has 0 saturated carbocycles. The van der Waals surface area contributed by atoms with Crippen molar-refractivity contribution < 1.29 is 9.59 Å². The van der Waals surface area contributed by atoms with E-state index in [2.05, 4.69) is 20.8 Å². The zero-order valence-electron chi connectivity index (χ0n) is 17.0. The van der Waals surface area contributed by atoms with E-state index in [4.69, 9.17) is 0 Å². The zero-order valence-corrected chi connectivity index (χ0v) is 18.7. The van der Waals surface area contributed by atoms with Crippen LogP contribution >= 0.6 is 23.1 Å². The summed E-state index contributed by atoms with van der Waals surface area (Å²) in [6.45, 7) is 0.487. The third-order valence-corrected chi connectivity index (χ3v) is 6.51. The molecule has 160 valence electrons. The Hall–Kier alpha value is -3.49. The molecule has 0 radical (unpaired) electrons. The normalized spacial score (nSPS) is 10.5. The fraction of sp³-hybridized carbons (Fsp3) is 0.0833. The van der Waals surface area contributed by atoms with Crippen molar-refractivity contribution in [3.8, 4) is 11.1 Å². The van der Waals surface area contributed by atoms with Crippen molar-refractivity contribution in [2.75, 3.05) is 11.1 Å². The first kappa shape index (κ1) is 21.7. The van der Waals surface area contributed by atoms with Crippen molar-refractivity contribution in [3.05, 3.63) is 96.1 Å². The first-order valence-electron chi connectivity index (χ1n) is 9.91. The lowest BCUT2D eigenvalue weighted by Gasteiger charge is -2.04. The first-order chi connectivity index (χ1) is 15.7. The first-order valence-corrected chi connectivity index (χ1v) is 11.7. The molecule has 0 atom stereocenters. The molecule has 0 aliphatic heterocycles. The number of hydrogen-bond donors (Lipinski definition) is 2. The zero-order chi connectivity index (χ0) is 22.2. The average molecular weight is 461 g/mol. The summed E-state index contributed by atoms with van der Waals surface area (Å²) in [5.41, 5.74) is 3.72. The molecule has 6 nitrogen and oxygen atoms in total. The lowest BCUT2D eigenvalue weighted by atomic mass is 10.0. The average Bonchev–Trinajstić information content (AvgIpc) is 3.30. The van der Waals surface area contributed by atoms with Gasteiger partial charge >= 0.3 is 0 Å². The van der Waals surface area contributed by atoms with Gasteiger partial charge in [0.25, 0.3) is 5.91 Å². The summed E-state index contributed by atoms with van der Waals surface area (Å²) < 4.78 is 0.620. The smallest absolute Gasteiger partial charge is 0.257 e. The molecule has 8 heteroatoms. The number of carbonyl (C=O) groups excluding carboxylic acids is 2. The predicted octanol–water partition coefficient (Wildman–Crippen LogP) is 4.87. The van der Waals surface area contributed by atoms with E-state index in [-0.39, 0.29) is 17.6 Å². The molecule has 0 fully saturated rings. The summed E-state index contributed by atoms with van der Waals surface area (Å²) in [5, 5.41) is 14.1. The Morgan fingerprint density at radius 2 is 1.47 bits per heavy atom. The minimum absolute atomic E-state index is 0.0851. The Labute approximate surface area is 194 Å². The summed E-state index contributed by atoms with van der Waals surface area (Å²) in [6, 6.07) is 27.1. The molecule has 0 bridgehead atoms. The van der Waals surface area contributed by atoms with Crippen LogP contribution in [0.25, 0.3) is 11.1 Å². The number of aromatic nitrogens is 2. The highest BCUT2D eigenvalue weighted by atomic mass is 32.2. The van der Waals surface area contributed by atoms with Gasteiger partial charge in [0.05, 0.1) is 5.75 Å². The molecule has 32 heavy (non-hydrogen) atoms. The maximum absolute atomic E-state index is 12.5. The van der Waals surface area contributed by atoms with Gasteiger partial charge in [-0.15, -0.1) is 10.2 Å². The lowest BCUT2D eigenvalue weighted by Crippen LogP contribution is -2.24. The highest BCUT2D eigenvalue weighted by molar-refractivity contribution is 8.01. The number of nitrogens with zero attached hydrogens (tertiary/aromatic N) is 2. The number of anilines is 1. The van der Waals surface area contributed by atoms with E-state index in [1.807, 2.05) is 72.8 Å². The third-order valence-electron chi connectivity index (χ3n) is 4.54. The van der Waals surface area contributed by atoms with Crippen LogP contribution in [0.15, 0.2) is 89.3 Å². The summed E-state index contributed by atoms with van der Waals surface area (Å²) in [7, 11) is 0.